The fraction of sp³-hybridized carbons (Fsp3) is 0.549. The van der Waals surface area contributed by atoms with Crippen molar-refractivity contribution in [3.8, 4) is 0 Å². The lowest BCUT2D eigenvalue weighted by Gasteiger charge is -2.18. The second-order valence-corrected chi connectivity index (χ2v) is 13.9. The van der Waals surface area contributed by atoms with Gasteiger partial charge in [-0.25, -0.2) is 0 Å². The summed E-state index contributed by atoms with van der Waals surface area (Å²) in [5.41, 5.74) is 0. The summed E-state index contributed by atoms with van der Waals surface area (Å²) in [6, 6.07) is 0. The van der Waals surface area contributed by atoms with E-state index in [0.717, 1.165) is 96.3 Å². The van der Waals surface area contributed by atoms with Crippen LogP contribution in [0.5, 0.6) is 0 Å². The molecule has 0 aromatic heterocycles. The highest BCUT2D eigenvalue weighted by Crippen LogP contribution is 2.10. The fourth-order valence-electron chi connectivity index (χ4n) is 5.24. The van der Waals surface area contributed by atoms with Crippen LogP contribution >= 0.6 is 0 Å². The number of carbonyl (C=O) groups is 3. The first kappa shape index (κ1) is 52.8. The molecular weight excluding hydrogens is 709 g/mol. The van der Waals surface area contributed by atoms with E-state index < -0.39 is 6.10 Å². The molecule has 0 aliphatic carbocycles. The molecule has 0 aliphatic rings. The maximum Gasteiger partial charge on any atom is 0.306 e. The van der Waals surface area contributed by atoms with Crippen LogP contribution in [0.2, 0.25) is 0 Å². The average Bonchev–Trinajstić information content (AvgIpc) is 3.21. The number of allylic oxidation sites excluding steroid dienone is 20. The van der Waals surface area contributed by atoms with Gasteiger partial charge in [-0.1, -0.05) is 174 Å². The lowest BCUT2D eigenvalue weighted by atomic mass is 10.1. The van der Waals surface area contributed by atoms with Gasteiger partial charge >= 0.3 is 17.9 Å². The molecule has 0 aromatic carbocycles. The van der Waals surface area contributed by atoms with Crippen LogP contribution in [0.15, 0.2) is 122 Å². The van der Waals surface area contributed by atoms with Crippen molar-refractivity contribution >= 4 is 17.9 Å². The predicted molar refractivity (Wildman–Crippen MR) is 242 cm³/mol. The molecule has 0 heterocycles. The molecule has 0 rings (SSSR count). The van der Waals surface area contributed by atoms with Crippen molar-refractivity contribution in [2.24, 2.45) is 0 Å². The third-order valence-electron chi connectivity index (χ3n) is 8.54. The minimum Gasteiger partial charge on any atom is -0.462 e. The van der Waals surface area contributed by atoms with Gasteiger partial charge in [0.1, 0.15) is 13.2 Å². The van der Waals surface area contributed by atoms with E-state index in [1.165, 1.54) is 12.8 Å². The molecular formula is C51H78O6. The Kier molecular flexibility index (Phi) is 41.3. The highest BCUT2D eigenvalue weighted by Gasteiger charge is 2.19. The Labute approximate surface area is 348 Å². The Morgan fingerprint density at radius 2 is 0.807 bits per heavy atom. The normalized spacial score (nSPS) is 13.2. The summed E-state index contributed by atoms with van der Waals surface area (Å²) >= 11 is 0. The van der Waals surface area contributed by atoms with E-state index >= 15 is 0 Å². The summed E-state index contributed by atoms with van der Waals surface area (Å²) in [5, 5.41) is 0. The third kappa shape index (κ3) is 42.8. The lowest BCUT2D eigenvalue weighted by Crippen LogP contribution is -2.30. The summed E-state index contributed by atoms with van der Waals surface area (Å²) in [4.78, 5) is 37.7. The quantitative estimate of drug-likeness (QED) is 0.0205. The van der Waals surface area contributed by atoms with Crippen LogP contribution in [0.1, 0.15) is 162 Å². The first-order valence-electron chi connectivity index (χ1n) is 22.1. The average molecular weight is 787 g/mol. The molecule has 0 spiro atoms. The number of hydrogen-bond acceptors (Lipinski definition) is 6. The summed E-state index contributed by atoms with van der Waals surface area (Å²) in [7, 11) is 0. The van der Waals surface area contributed by atoms with Gasteiger partial charge in [-0.05, 0) is 89.9 Å². The zero-order valence-corrected chi connectivity index (χ0v) is 36.0. The first-order chi connectivity index (χ1) is 28.0. The van der Waals surface area contributed by atoms with Gasteiger partial charge in [-0.2, -0.15) is 0 Å². The van der Waals surface area contributed by atoms with E-state index in [-0.39, 0.29) is 44.0 Å². The molecule has 0 saturated carbocycles. The SMILES string of the molecule is CC\C=C/C=C\C=C/C=C\CCCCCC(=O)OC(COC(=O)CC/C=C\C/C=C\C/C=C\C/C=C\C/C=C\CC)COC(=O)CCCCCC/C=C\CCCC. The molecule has 0 radical (unpaired) electrons. The van der Waals surface area contributed by atoms with E-state index in [1.54, 1.807) is 0 Å². The van der Waals surface area contributed by atoms with Gasteiger partial charge in [0.25, 0.3) is 0 Å². The highest BCUT2D eigenvalue weighted by molar-refractivity contribution is 5.71. The van der Waals surface area contributed by atoms with Crippen molar-refractivity contribution in [2.75, 3.05) is 13.2 Å². The van der Waals surface area contributed by atoms with Gasteiger partial charge in [0.2, 0.25) is 0 Å². The molecule has 0 N–H and O–H groups in total. The van der Waals surface area contributed by atoms with E-state index in [9.17, 15) is 14.4 Å². The third-order valence-corrected chi connectivity index (χ3v) is 8.54. The zero-order valence-electron chi connectivity index (χ0n) is 36.0. The standard InChI is InChI=1S/C51H78O6/c1-4-7-10-13-16-19-22-24-25-26-28-29-32-35-38-41-44-50(53)56-47-48(46-55-49(52)43-40-37-34-31-21-18-15-12-9-6-3)57-51(54)45-42-39-36-33-30-27-23-20-17-14-11-8-5-2/h7-8,10-11,14-20,23-25,27-30,35,38,48H,4-6,9,12-13,21-22,26,31-34,36-37,39-47H2,1-3H3/b10-7-,11-8-,17-14-,18-15-,19-16-,23-20-,25-24-,29-28-,30-27-,38-35-. The van der Waals surface area contributed by atoms with Crippen molar-refractivity contribution in [1.82, 2.24) is 0 Å². The van der Waals surface area contributed by atoms with Gasteiger partial charge in [-0.3, -0.25) is 14.4 Å². The number of hydrogen-bond donors (Lipinski definition) is 0. The Bertz CT molecular complexity index is 1270. The topological polar surface area (TPSA) is 78.9 Å². The molecule has 1 atom stereocenters. The number of carbonyl (C=O) groups excluding carboxylic acids is 3. The lowest BCUT2D eigenvalue weighted by molar-refractivity contribution is -0.166. The maximum absolute atomic E-state index is 12.7. The smallest absolute Gasteiger partial charge is 0.306 e. The van der Waals surface area contributed by atoms with Gasteiger partial charge < -0.3 is 14.2 Å². The Balaban J connectivity index is 4.60. The Morgan fingerprint density at radius 3 is 1.39 bits per heavy atom. The van der Waals surface area contributed by atoms with E-state index in [0.29, 0.717) is 19.3 Å². The van der Waals surface area contributed by atoms with Crippen LogP contribution in [0.25, 0.3) is 0 Å². The highest BCUT2D eigenvalue weighted by atomic mass is 16.6. The van der Waals surface area contributed by atoms with E-state index in [4.69, 9.17) is 14.2 Å². The molecule has 0 aromatic rings. The van der Waals surface area contributed by atoms with Crippen molar-refractivity contribution in [2.45, 2.75) is 168 Å². The van der Waals surface area contributed by atoms with Crippen LogP contribution in [0, 0.1) is 0 Å². The number of ether oxygens (including phenoxy) is 3. The zero-order chi connectivity index (χ0) is 41.5. The summed E-state index contributed by atoms with van der Waals surface area (Å²) in [6.45, 7) is 6.18. The van der Waals surface area contributed by atoms with Crippen LogP contribution < -0.4 is 0 Å². The van der Waals surface area contributed by atoms with Crippen molar-refractivity contribution in [1.29, 1.82) is 0 Å². The molecule has 6 nitrogen and oxygen atoms in total. The summed E-state index contributed by atoms with van der Waals surface area (Å²) < 4.78 is 16.6. The van der Waals surface area contributed by atoms with E-state index in [2.05, 4.69) is 93.7 Å². The molecule has 318 valence electrons. The molecule has 0 fully saturated rings. The van der Waals surface area contributed by atoms with Gasteiger partial charge in [0, 0.05) is 19.3 Å². The van der Waals surface area contributed by atoms with Crippen molar-refractivity contribution < 1.29 is 28.6 Å². The van der Waals surface area contributed by atoms with Crippen molar-refractivity contribution in [3.63, 3.8) is 0 Å². The summed E-state index contributed by atoms with van der Waals surface area (Å²) in [5.74, 6) is -1.08. The fourth-order valence-corrected chi connectivity index (χ4v) is 5.24. The van der Waals surface area contributed by atoms with E-state index in [1.807, 2.05) is 48.6 Å². The van der Waals surface area contributed by atoms with Gasteiger partial charge in [-0.15, -0.1) is 0 Å². The molecule has 0 bridgehead atoms. The molecule has 0 amide bonds. The molecule has 57 heavy (non-hydrogen) atoms. The number of unbranched alkanes of at least 4 members (excludes halogenated alkanes) is 9. The van der Waals surface area contributed by atoms with Crippen LogP contribution in [-0.4, -0.2) is 37.2 Å². The second kappa shape index (κ2) is 44.5. The Morgan fingerprint density at radius 1 is 0.386 bits per heavy atom. The molecule has 0 aliphatic heterocycles. The Hall–Kier alpha value is -4.19. The largest absolute Gasteiger partial charge is 0.462 e. The second-order valence-electron chi connectivity index (χ2n) is 13.9. The number of esters is 3. The first-order valence-corrected chi connectivity index (χ1v) is 22.1. The van der Waals surface area contributed by atoms with Gasteiger partial charge in [0.05, 0.1) is 0 Å². The molecule has 6 heteroatoms. The minimum atomic E-state index is -0.833. The number of rotatable bonds is 37. The summed E-state index contributed by atoms with van der Waals surface area (Å²) in [6.07, 6.45) is 60.5. The predicted octanol–water partition coefficient (Wildman–Crippen LogP) is 14.2. The van der Waals surface area contributed by atoms with Crippen LogP contribution in [0.4, 0.5) is 0 Å². The van der Waals surface area contributed by atoms with Gasteiger partial charge in [0.15, 0.2) is 6.10 Å². The van der Waals surface area contributed by atoms with Crippen LogP contribution in [-0.2, 0) is 28.6 Å². The van der Waals surface area contributed by atoms with Crippen molar-refractivity contribution in [3.05, 3.63) is 122 Å². The van der Waals surface area contributed by atoms with Crippen LogP contribution in [0.3, 0.4) is 0 Å². The monoisotopic (exact) mass is 787 g/mol. The molecule has 1 unspecified atom stereocenters. The minimum absolute atomic E-state index is 0.127. The maximum atomic E-state index is 12.7. The molecule has 0 saturated heterocycles.